The van der Waals surface area contributed by atoms with Crippen molar-refractivity contribution in [3.8, 4) is 33.8 Å². The van der Waals surface area contributed by atoms with E-state index < -0.39 is 0 Å². The van der Waals surface area contributed by atoms with Gasteiger partial charge in [-0.2, -0.15) is 0 Å². The maximum Gasteiger partial charge on any atom is 0.257 e. The van der Waals surface area contributed by atoms with Crippen LogP contribution in [0.3, 0.4) is 0 Å². The fourth-order valence-electron chi connectivity index (χ4n) is 5.70. The lowest BCUT2D eigenvalue weighted by atomic mass is 9.99. The number of hydrogen-bond acceptors (Lipinski definition) is 8. The van der Waals surface area contributed by atoms with Gasteiger partial charge in [0.1, 0.15) is 5.82 Å². The summed E-state index contributed by atoms with van der Waals surface area (Å²) in [5.74, 6) is 1.78. The molecule has 1 aliphatic rings. The Kier molecular flexibility index (Phi) is 11.3. The minimum atomic E-state index is -0.329. The molecule has 9 nitrogen and oxygen atoms in total. The van der Waals surface area contributed by atoms with E-state index in [2.05, 4.69) is 10.3 Å². The molecule has 48 heavy (non-hydrogen) atoms. The predicted octanol–water partition coefficient (Wildman–Crippen LogP) is 6.79. The molecule has 1 amide bonds. The summed E-state index contributed by atoms with van der Waals surface area (Å²) in [6.07, 6.45) is 7.91. The lowest BCUT2D eigenvalue weighted by molar-refractivity contribution is -0.112. The molecule has 0 unspecified atom stereocenters. The molecule has 1 fully saturated rings. The molecule has 1 saturated heterocycles. The number of amides is 1. The minimum absolute atomic E-state index is 0.329. The minimum Gasteiger partial charge on any atom is -0.493 e. The van der Waals surface area contributed by atoms with Gasteiger partial charge in [0.2, 0.25) is 0 Å². The standard InChI is InChI=1S/C39H42N4O5/c1-26-5-7-28(8-6-26)33(25-44)19-32(24-43(2)23-27-15-17-48-18-16-27)39(45)42-34-12-9-29(10-13-34)35-20-31(22-41-38(35)40)30-11-14-36(46-3)37(21-30)47-4/h5-14,19-22,24-25,27H,15-18,23H2,1-4H3,(H2,40,41)(H,42,45)/b32-24+,33-19+. The van der Waals surface area contributed by atoms with Crippen LogP contribution in [0.15, 0.2) is 96.8 Å². The smallest absolute Gasteiger partial charge is 0.257 e. The molecule has 1 aliphatic heterocycles. The van der Waals surface area contributed by atoms with Gasteiger partial charge in [-0.25, -0.2) is 4.98 Å². The number of methoxy groups -OCH3 is 2. The van der Waals surface area contributed by atoms with E-state index in [0.29, 0.717) is 40.1 Å². The number of pyridine rings is 1. The van der Waals surface area contributed by atoms with Gasteiger partial charge in [0.25, 0.3) is 5.91 Å². The zero-order valence-corrected chi connectivity index (χ0v) is 27.9. The van der Waals surface area contributed by atoms with E-state index >= 15 is 0 Å². The third kappa shape index (κ3) is 8.49. The number of nitrogens with two attached hydrogens (primary N) is 1. The highest BCUT2D eigenvalue weighted by Crippen LogP contribution is 2.35. The molecule has 0 saturated carbocycles. The number of aromatic nitrogens is 1. The molecule has 0 radical (unpaired) electrons. The number of hydrogen-bond donors (Lipinski definition) is 2. The first kappa shape index (κ1) is 33.9. The van der Waals surface area contributed by atoms with Crippen LogP contribution >= 0.6 is 0 Å². The number of aryl methyl sites for hydroxylation is 1. The number of aldehydes is 1. The normalized spacial score (nSPS) is 13.9. The topological polar surface area (TPSA) is 116 Å². The van der Waals surface area contributed by atoms with Crippen LogP contribution in [0.2, 0.25) is 0 Å². The largest absolute Gasteiger partial charge is 0.493 e. The third-order valence-electron chi connectivity index (χ3n) is 8.42. The molecule has 9 heteroatoms. The zero-order valence-electron chi connectivity index (χ0n) is 27.9. The molecular weight excluding hydrogens is 604 g/mol. The molecule has 248 valence electrons. The molecule has 0 bridgehead atoms. The van der Waals surface area contributed by atoms with Gasteiger partial charge in [0.15, 0.2) is 17.8 Å². The first-order chi connectivity index (χ1) is 23.3. The van der Waals surface area contributed by atoms with Crippen molar-refractivity contribution in [2.75, 3.05) is 52.1 Å². The number of carbonyl (C=O) groups is 2. The van der Waals surface area contributed by atoms with Crippen LogP contribution < -0.4 is 20.5 Å². The van der Waals surface area contributed by atoms with Crippen molar-refractivity contribution in [2.45, 2.75) is 19.8 Å². The van der Waals surface area contributed by atoms with Crippen molar-refractivity contribution in [1.29, 1.82) is 0 Å². The van der Waals surface area contributed by atoms with Crippen LogP contribution in [0.5, 0.6) is 11.5 Å². The molecule has 2 heterocycles. The second-order valence-electron chi connectivity index (χ2n) is 11.9. The molecule has 1 aromatic heterocycles. The van der Waals surface area contributed by atoms with E-state index in [1.54, 1.807) is 26.5 Å². The Labute approximate surface area is 282 Å². The summed E-state index contributed by atoms with van der Waals surface area (Å²) >= 11 is 0. The summed E-state index contributed by atoms with van der Waals surface area (Å²) in [4.78, 5) is 32.4. The van der Waals surface area contributed by atoms with Gasteiger partial charge >= 0.3 is 0 Å². The maximum absolute atomic E-state index is 13.8. The fraction of sp³-hybridized carbons (Fsp3) is 0.256. The lowest BCUT2D eigenvalue weighted by Crippen LogP contribution is -2.27. The number of anilines is 2. The summed E-state index contributed by atoms with van der Waals surface area (Å²) < 4.78 is 16.4. The summed E-state index contributed by atoms with van der Waals surface area (Å²) in [5.41, 5.74) is 12.9. The summed E-state index contributed by atoms with van der Waals surface area (Å²) in [6, 6.07) is 22.7. The van der Waals surface area contributed by atoms with Crippen LogP contribution in [-0.2, 0) is 14.3 Å². The van der Waals surface area contributed by atoms with Crippen LogP contribution in [0, 0.1) is 12.8 Å². The maximum atomic E-state index is 13.8. The van der Waals surface area contributed by atoms with Crippen LogP contribution in [-0.4, -0.2) is 63.1 Å². The number of nitrogens with zero attached hydrogens (tertiary/aromatic N) is 2. The van der Waals surface area contributed by atoms with E-state index in [4.69, 9.17) is 19.9 Å². The molecule has 0 aliphatic carbocycles. The van der Waals surface area contributed by atoms with Crippen LogP contribution in [0.1, 0.15) is 24.0 Å². The highest BCUT2D eigenvalue weighted by atomic mass is 16.5. The number of ether oxygens (including phenoxy) is 3. The first-order valence-electron chi connectivity index (χ1n) is 15.9. The van der Waals surface area contributed by atoms with Gasteiger partial charge in [-0.3, -0.25) is 9.59 Å². The van der Waals surface area contributed by atoms with Crippen molar-refractivity contribution in [1.82, 2.24) is 9.88 Å². The Morgan fingerprint density at radius 3 is 2.31 bits per heavy atom. The Bertz CT molecular complexity index is 1790. The SMILES string of the molecule is COc1ccc(-c2cnc(N)c(-c3ccc(NC(=O)C(/C=C(\C=O)c4ccc(C)cc4)=C/N(C)CC4CCOCC4)cc3)c2)cc1OC. The van der Waals surface area contributed by atoms with Crippen molar-refractivity contribution in [3.05, 3.63) is 108 Å². The Morgan fingerprint density at radius 1 is 0.958 bits per heavy atom. The average molecular weight is 647 g/mol. The summed E-state index contributed by atoms with van der Waals surface area (Å²) in [5, 5.41) is 3.01. The van der Waals surface area contributed by atoms with E-state index in [1.807, 2.05) is 97.9 Å². The van der Waals surface area contributed by atoms with Crippen LogP contribution in [0.25, 0.3) is 27.8 Å². The van der Waals surface area contributed by atoms with E-state index in [0.717, 1.165) is 72.3 Å². The second kappa shape index (κ2) is 15.9. The first-order valence-corrected chi connectivity index (χ1v) is 15.9. The predicted molar refractivity (Wildman–Crippen MR) is 191 cm³/mol. The molecule has 0 spiro atoms. The Hall–Kier alpha value is -5.41. The lowest BCUT2D eigenvalue weighted by Gasteiger charge is -2.26. The van der Waals surface area contributed by atoms with Crippen molar-refractivity contribution < 1.29 is 23.8 Å². The average Bonchev–Trinajstić information content (AvgIpc) is 3.11. The number of rotatable bonds is 12. The van der Waals surface area contributed by atoms with Gasteiger partial charge < -0.3 is 30.2 Å². The van der Waals surface area contributed by atoms with Gasteiger partial charge in [-0.05, 0) is 78.8 Å². The number of allylic oxidation sites excluding steroid dienone is 1. The number of benzene rings is 3. The molecule has 5 rings (SSSR count). The van der Waals surface area contributed by atoms with Gasteiger partial charge in [-0.15, -0.1) is 0 Å². The van der Waals surface area contributed by atoms with Gasteiger partial charge in [0, 0.05) is 61.6 Å². The number of carbonyl (C=O) groups excluding carboxylic acids is 2. The van der Waals surface area contributed by atoms with Crippen molar-refractivity contribution >= 4 is 29.3 Å². The molecule has 0 atom stereocenters. The summed E-state index contributed by atoms with van der Waals surface area (Å²) in [6.45, 7) is 4.26. The van der Waals surface area contributed by atoms with Gasteiger partial charge in [0.05, 0.1) is 19.8 Å². The Balaban J connectivity index is 1.39. The summed E-state index contributed by atoms with van der Waals surface area (Å²) in [7, 11) is 5.15. The highest BCUT2D eigenvalue weighted by Gasteiger charge is 2.17. The van der Waals surface area contributed by atoms with Crippen LogP contribution in [0.4, 0.5) is 11.5 Å². The molecule has 4 aromatic rings. The van der Waals surface area contributed by atoms with E-state index in [1.165, 1.54) is 0 Å². The quantitative estimate of drug-likeness (QED) is 0.0983. The monoisotopic (exact) mass is 646 g/mol. The zero-order chi connectivity index (χ0) is 34.0. The number of nitrogen functional groups attached to an aromatic ring is 1. The highest BCUT2D eigenvalue weighted by molar-refractivity contribution is 6.13. The molecular formula is C39H42N4O5. The third-order valence-corrected chi connectivity index (χ3v) is 8.42. The number of nitrogens with one attached hydrogen (secondary N) is 1. The molecule has 3 aromatic carbocycles. The second-order valence-corrected chi connectivity index (χ2v) is 11.9. The molecule has 3 N–H and O–H groups in total. The van der Waals surface area contributed by atoms with Crippen molar-refractivity contribution in [2.24, 2.45) is 5.92 Å². The van der Waals surface area contributed by atoms with Crippen molar-refractivity contribution in [3.63, 3.8) is 0 Å². The van der Waals surface area contributed by atoms with E-state index in [9.17, 15) is 9.59 Å². The van der Waals surface area contributed by atoms with E-state index in [-0.39, 0.29) is 5.91 Å². The fourth-order valence-corrected chi connectivity index (χ4v) is 5.70. The Morgan fingerprint density at radius 2 is 1.65 bits per heavy atom. The van der Waals surface area contributed by atoms with Gasteiger partial charge in [-0.1, -0.05) is 48.0 Å².